The van der Waals surface area contributed by atoms with Crippen molar-refractivity contribution in [2.75, 3.05) is 0 Å². The van der Waals surface area contributed by atoms with Gasteiger partial charge in [0.15, 0.2) is 0 Å². The highest BCUT2D eigenvalue weighted by Gasteiger charge is 1.73. The lowest BCUT2D eigenvalue weighted by Crippen LogP contribution is -1.73. The molecule has 0 saturated carbocycles. The molecule has 0 aliphatic carbocycles. The highest BCUT2D eigenvalue weighted by molar-refractivity contribution is 7.66. The molecule has 11 heavy (non-hydrogen) atoms. The quantitative estimate of drug-likeness (QED) is 0.468. The third-order valence-electron chi connectivity index (χ3n) is 0.736. The normalized spacial score (nSPS) is 8.55. The fraction of sp³-hybridized carbons (Fsp3) is 0. The zero-order chi connectivity index (χ0) is 8.69. The lowest BCUT2D eigenvalue weighted by Gasteiger charge is -1.80. The van der Waals surface area contributed by atoms with Crippen LogP contribution in [0.2, 0.25) is 0 Å². The first-order chi connectivity index (χ1) is 5.16. The van der Waals surface area contributed by atoms with Gasteiger partial charge in [0.1, 0.15) is 0 Å². The first-order valence-corrected chi connectivity index (χ1v) is 3.73. The maximum absolute atomic E-state index is 8.59. The molecule has 0 fully saturated rings. The third-order valence-corrected chi connectivity index (χ3v) is 0.736. The summed E-state index contributed by atoms with van der Waals surface area (Å²) in [7, 11) is -3.12. The van der Waals surface area contributed by atoms with Gasteiger partial charge in [-0.1, -0.05) is 6.58 Å². The van der Waals surface area contributed by atoms with Crippen LogP contribution in [-0.2, 0) is 11.0 Å². The lowest BCUT2D eigenvalue weighted by molar-refractivity contribution is 0.509. The van der Waals surface area contributed by atoms with Crippen LogP contribution in [0.4, 0.5) is 0 Å². The lowest BCUT2D eigenvalue weighted by atomic mass is 10.9. The van der Waals surface area contributed by atoms with E-state index in [4.69, 9.17) is 13.0 Å². The predicted octanol–water partition coefficient (Wildman–Crippen LogP) is 0.0544. The van der Waals surface area contributed by atoms with E-state index in [1.807, 2.05) is 6.20 Å². The summed E-state index contributed by atoms with van der Waals surface area (Å²) < 4.78 is 26.0. The summed E-state index contributed by atoms with van der Waals surface area (Å²) in [5, 5.41) is 0. The number of imidazole rings is 1. The van der Waals surface area contributed by atoms with E-state index in [1.54, 1.807) is 23.3 Å². The van der Waals surface area contributed by atoms with Gasteiger partial charge < -0.3 is 4.57 Å². The van der Waals surface area contributed by atoms with Crippen molar-refractivity contribution in [3.05, 3.63) is 25.3 Å². The van der Waals surface area contributed by atoms with Crippen LogP contribution in [0.5, 0.6) is 0 Å². The summed E-state index contributed by atoms with van der Waals surface area (Å²) in [6.45, 7) is 3.53. The Bertz CT molecular complexity index is 257. The molecule has 62 valence electrons. The second-order valence-corrected chi connectivity index (χ2v) is 1.91. The molecule has 0 spiro atoms. The Labute approximate surface area is 65.8 Å². The van der Waals surface area contributed by atoms with Crippen LogP contribution in [0.1, 0.15) is 0 Å². The maximum atomic E-state index is 8.59. The van der Waals surface area contributed by atoms with Crippen LogP contribution < -0.4 is 0 Å². The van der Waals surface area contributed by atoms with E-state index in [0.717, 1.165) is 0 Å². The van der Waals surface area contributed by atoms with Crippen molar-refractivity contribution in [2.45, 2.75) is 0 Å². The molecule has 1 N–H and O–H groups in total. The van der Waals surface area contributed by atoms with Crippen LogP contribution in [0, 0.1) is 0 Å². The highest BCUT2D eigenvalue weighted by Crippen LogP contribution is 1.81. The molecule has 1 rings (SSSR count). The summed E-state index contributed by atoms with van der Waals surface area (Å²) in [6, 6.07) is 0. The highest BCUT2D eigenvalue weighted by atomic mass is 32.2. The zero-order valence-corrected chi connectivity index (χ0v) is 6.52. The summed E-state index contributed by atoms with van der Waals surface area (Å²) in [5.41, 5.74) is 0. The van der Waals surface area contributed by atoms with Crippen molar-refractivity contribution < 1.29 is 13.0 Å². The zero-order valence-electron chi connectivity index (χ0n) is 5.62. The van der Waals surface area contributed by atoms with Gasteiger partial charge in [-0.25, -0.2) is 13.4 Å². The van der Waals surface area contributed by atoms with E-state index in [1.165, 1.54) is 0 Å². The van der Waals surface area contributed by atoms with Gasteiger partial charge in [-0.2, -0.15) is 0 Å². The molecule has 0 aromatic carbocycles. The molecule has 1 heterocycles. The van der Waals surface area contributed by atoms with E-state index >= 15 is 0 Å². The molecule has 0 radical (unpaired) electrons. The van der Waals surface area contributed by atoms with Gasteiger partial charge in [-0.15, -0.1) is 0 Å². The minimum absolute atomic E-state index is 1.69. The Morgan fingerprint density at radius 1 is 1.64 bits per heavy atom. The number of thiol groups is 1. The van der Waals surface area contributed by atoms with Crippen molar-refractivity contribution >= 4 is 17.2 Å². The van der Waals surface area contributed by atoms with E-state index < -0.39 is 11.0 Å². The van der Waals surface area contributed by atoms with Gasteiger partial charge >= 0.3 is 0 Å². The first-order valence-electron chi connectivity index (χ1n) is 2.60. The Morgan fingerprint density at radius 3 is 2.36 bits per heavy atom. The number of rotatable bonds is 1. The fourth-order valence-corrected chi connectivity index (χ4v) is 0.377. The largest absolute Gasteiger partial charge is 0.314 e. The molecular formula is C5H8N2O3S. The SMILES string of the molecule is C=Cn1ccnc1.O=[SH](=O)O. The molecule has 0 bridgehead atoms. The second-order valence-electron chi connectivity index (χ2n) is 1.43. The van der Waals surface area contributed by atoms with Crippen molar-refractivity contribution in [1.29, 1.82) is 0 Å². The van der Waals surface area contributed by atoms with Crippen LogP contribution in [0.15, 0.2) is 25.3 Å². The Kier molecular flexibility index (Phi) is 5.05. The van der Waals surface area contributed by atoms with Crippen molar-refractivity contribution in [1.82, 2.24) is 9.55 Å². The minimum atomic E-state index is -3.12. The van der Waals surface area contributed by atoms with Gasteiger partial charge in [0.2, 0.25) is 0 Å². The molecule has 5 nitrogen and oxygen atoms in total. The van der Waals surface area contributed by atoms with E-state index in [9.17, 15) is 0 Å². The Morgan fingerprint density at radius 2 is 2.18 bits per heavy atom. The molecule has 0 aliphatic heterocycles. The second kappa shape index (κ2) is 5.63. The molecule has 0 saturated heterocycles. The topological polar surface area (TPSA) is 72.2 Å². The fourth-order valence-electron chi connectivity index (χ4n) is 0.377. The molecule has 0 unspecified atom stereocenters. The molecular weight excluding hydrogens is 168 g/mol. The Balaban J connectivity index is 0.000000218. The molecule has 1 aromatic rings. The molecule has 0 amide bonds. The standard InChI is InChI=1S/C5H6N2.H2O3S/c1-2-7-4-3-6-5-7;1-4(2)3/h2-5H,1H2;4H,(H,1,2,3). The number of hydrogen-bond donors (Lipinski definition) is 2. The van der Waals surface area contributed by atoms with E-state index in [0.29, 0.717) is 0 Å². The van der Waals surface area contributed by atoms with Gasteiger partial charge in [0.05, 0.1) is 6.33 Å². The number of nitrogens with zero attached hydrogens (tertiary/aromatic N) is 2. The van der Waals surface area contributed by atoms with Crippen LogP contribution in [0.3, 0.4) is 0 Å². The minimum Gasteiger partial charge on any atom is -0.314 e. The van der Waals surface area contributed by atoms with Crippen molar-refractivity contribution in [2.24, 2.45) is 0 Å². The molecule has 0 atom stereocenters. The van der Waals surface area contributed by atoms with Gasteiger partial charge in [-0.05, 0) is 0 Å². The van der Waals surface area contributed by atoms with Crippen molar-refractivity contribution in [3.63, 3.8) is 0 Å². The molecule has 1 aromatic heterocycles. The number of aromatic nitrogens is 2. The summed E-state index contributed by atoms with van der Waals surface area (Å²) in [5.74, 6) is 0. The van der Waals surface area contributed by atoms with Gasteiger partial charge in [0.25, 0.3) is 11.0 Å². The summed E-state index contributed by atoms with van der Waals surface area (Å²) >= 11 is 0. The van der Waals surface area contributed by atoms with Crippen LogP contribution >= 0.6 is 0 Å². The van der Waals surface area contributed by atoms with Crippen LogP contribution in [0.25, 0.3) is 6.20 Å². The van der Waals surface area contributed by atoms with E-state index in [-0.39, 0.29) is 0 Å². The van der Waals surface area contributed by atoms with Crippen molar-refractivity contribution in [3.8, 4) is 0 Å². The first kappa shape index (κ1) is 9.86. The summed E-state index contributed by atoms with van der Waals surface area (Å²) in [6.07, 6.45) is 6.91. The average molecular weight is 176 g/mol. The molecule has 6 heteroatoms. The third kappa shape index (κ3) is 6.75. The Hall–Kier alpha value is -1.14. The van der Waals surface area contributed by atoms with E-state index in [2.05, 4.69) is 11.6 Å². The predicted molar refractivity (Wildman–Crippen MR) is 41.6 cm³/mol. The van der Waals surface area contributed by atoms with Gasteiger partial charge in [-0.3, -0.25) is 4.55 Å². The monoisotopic (exact) mass is 176 g/mol. The van der Waals surface area contributed by atoms with Gasteiger partial charge in [0, 0.05) is 18.6 Å². The smallest absolute Gasteiger partial charge is 0.254 e. The maximum Gasteiger partial charge on any atom is 0.254 e. The summed E-state index contributed by atoms with van der Waals surface area (Å²) in [4.78, 5) is 3.78. The molecule has 0 aliphatic rings. The average Bonchev–Trinajstić information content (AvgIpc) is 2.36. The number of hydrogen-bond acceptors (Lipinski definition) is 3. The van der Waals surface area contributed by atoms with Crippen LogP contribution in [-0.4, -0.2) is 22.5 Å².